The molecule has 0 fully saturated rings. The predicted octanol–water partition coefficient (Wildman–Crippen LogP) is 2.81. The van der Waals surface area contributed by atoms with Crippen LogP contribution in [0.25, 0.3) is 0 Å². The fraction of sp³-hybridized carbons (Fsp3) is 0.267. The van der Waals surface area contributed by atoms with Gasteiger partial charge in [0.1, 0.15) is 5.82 Å². The fourth-order valence-corrected chi connectivity index (χ4v) is 1.94. The summed E-state index contributed by atoms with van der Waals surface area (Å²) in [6.07, 6.45) is 0. The lowest BCUT2D eigenvalue weighted by molar-refractivity contribution is 0.0689. The van der Waals surface area contributed by atoms with Crippen LogP contribution in [0.15, 0.2) is 36.4 Å². The Morgan fingerprint density at radius 3 is 2.37 bits per heavy atom. The fourth-order valence-electron chi connectivity index (χ4n) is 1.94. The van der Waals surface area contributed by atoms with Crippen LogP contribution in [0.3, 0.4) is 0 Å². The molecule has 4 heteroatoms. The molecule has 2 aromatic rings. The SMILES string of the molecule is Cc1cc(C(=O)O)nc(C(C)(C)c2ccccc2)n1. The highest BCUT2D eigenvalue weighted by Gasteiger charge is 2.27. The summed E-state index contributed by atoms with van der Waals surface area (Å²) in [5.74, 6) is -0.508. The van der Waals surface area contributed by atoms with Gasteiger partial charge < -0.3 is 5.11 Å². The molecule has 0 unspecified atom stereocenters. The van der Waals surface area contributed by atoms with Crippen molar-refractivity contribution in [1.29, 1.82) is 0 Å². The Morgan fingerprint density at radius 2 is 1.79 bits per heavy atom. The predicted molar refractivity (Wildman–Crippen MR) is 72.3 cm³/mol. The first-order valence-corrected chi connectivity index (χ1v) is 6.06. The molecular weight excluding hydrogens is 240 g/mol. The van der Waals surface area contributed by atoms with Crippen molar-refractivity contribution in [2.24, 2.45) is 0 Å². The van der Waals surface area contributed by atoms with E-state index in [9.17, 15) is 4.79 Å². The van der Waals surface area contributed by atoms with Crippen LogP contribution in [0.5, 0.6) is 0 Å². The number of nitrogens with zero attached hydrogens (tertiary/aromatic N) is 2. The molecule has 0 aliphatic heterocycles. The molecule has 4 nitrogen and oxygen atoms in total. The highest BCUT2D eigenvalue weighted by molar-refractivity contribution is 5.85. The summed E-state index contributed by atoms with van der Waals surface area (Å²) in [6, 6.07) is 11.3. The van der Waals surface area contributed by atoms with Gasteiger partial charge in [0.2, 0.25) is 0 Å². The average Bonchev–Trinajstić information content (AvgIpc) is 2.39. The number of rotatable bonds is 3. The van der Waals surface area contributed by atoms with Crippen molar-refractivity contribution in [2.45, 2.75) is 26.2 Å². The van der Waals surface area contributed by atoms with Crippen LogP contribution in [0, 0.1) is 6.92 Å². The molecule has 0 atom stereocenters. The monoisotopic (exact) mass is 256 g/mol. The summed E-state index contributed by atoms with van der Waals surface area (Å²) in [7, 11) is 0. The van der Waals surface area contributed by atoms with Crippen molar-refractivity contribution < 1.29 is 9.90 Å². The van der Waals surface area contributed by atoms with Gasteiger partial charge in [-0.05, 0) is 32.4 Å². The molecular formula is C15H16N2O2. The summed E-state index contributed by atoms with van der Waals surface area (Å²) in [6.45, 7) is 5.75. The van der Waals surface area contributed by atoms with E-state index < -0.39 is 11.4 Å². The highest BCUT2D eigenvalue weighted by atomic mass is 16.4. The molecule has 0 bridgehead atoms. The second-order valence-corrected chi connectivity index (χ2v) is 5.01. The van der Waals surface area contributed by atoms with Gasteiger partial charge in [-0.15, -0.1) is 0 Å². The lowest BCUT2D eigenvalue weighted by atomic mass is 9.83. The van der Waals surface area contributed by atoms with Gasteiger partial charge in [-0.1, -0.05) is 30.3 Å². The normalized spacial score (nSPS) is 11.3. The number of aryl methyl sites for hydroxylation is 1. The van der Waals surface area contributed by atoms with Crippen LogP contribution in [-0.2, 0) is 5.41 Å². The average molecular weight is 256 g/mol. The topological polar surface area (TPSA) is 63.1 Å². The maximum absolute atomic E-state index is 11.1. The maximum Gasteiger partial charge on any atom is 0.354 e. The molecule has 1 aromatic heterocycles. The van der Waals surface area contributed by atoms with Crippen molar-refractivity contribution in [2.75, 3.05) is 0 Å². The van der Waals surface area contributed by atoms with Gasteiger partial charge >= 0.3 is 5.97 Å². The number of aromatic carboxylic acids is 1. The minimum Gasteiger partial charge on any atom is -0.477 e. The quantitative estimate of drug-likeness (QED) is 0.917. The zero-order valence-corrected chi connectivity index (χ0v) is 11.2. The smallest absolute Gasteiger partial charge is 0.354 e. The molecule has 0 spiro atoms. The van der Waals surface area contributed by atoms with Gasteiger partial charge in [0.15, 0.2) is 5.69 Å². The van der Waals surface area contributed by atoms with Crippen LogP contribution in [0.1, 0.15) is 41.4 Å². The zero-order chi connectivity index (χ0) is 14.0. The van der Waals surface area contributed by atoms with Crippen molar-refractivity contribution in [3.63, 3.8) is 0 Å². The number of aromatic nitrogens is 2. The first-order valence-electron chi connectivity index (χ1n) is 6.06. The number of benzene rings is 1. The molecule has 0 aliphatic carbocycles. The summed E-state index contributed by atoms with van der Waals surface area (Å²) >= 11 is 0. The van der Waals surface area contributed by atoms with Crippen molar-refractivity contribution in [1.82, 2.24) is 9.97 Å². The lowest BCUT2D eigenvalue weighted by Gasteiger charge is -2.24. The number of carbonyl (C=O) groups is 1. The molecule has 0 aliphatic rings. The largest absolute Gasteiger partial charge is 0.477 e. The van der Waals surface area contributed by atoms with Gasteiger partial charge in [0.25, 0.3) is 0 Å². The van der Waals surface area contributed by atoms with E-state index in [4.69, 9.17) is 5.11 Å². The van der Waals surface area contributed by atoms with Crippen LogP contribution >= 0.6 is 0 Å². The molecule has 1 N–H and O–H groups in total. The van der Waals surface area contributed by atoms with E-state index in [0.29, 0.717) is 11.5 Å². The molecule has 0 amide bonds. The molecule has 98 valence electrons. The second kappa shape index (κ2) is 4.80. The molecule has 0 saturated heterocycles. The molecule has 1 heterocycles. The minimum absolute atomic E-state index is 0.0338. The Hall–Kier alpha value is -2.23. The van der Waals surface area contributed by atoms with Gasteiger partial charge in [-0.2, -0.15) is 0 Å². The third-order valence-electron chi connectivity index (χ3n) is 3.13. The van der Waals surface area contributed by atoms with E-state index in [1.54, 1.807) is 6.92 Å². The van der Waals surface area contributed by atoms with Gasteiger partial charge in [0, 0.05) is 11.1 Å². The summed E-state index contributed by atoms with van der Waals surface area (Å²) in [4.78, 5) is 19.6. The minimum atomic E-state index is -1.03. The van der Waals surface area contributed by atoms with Crippen LogP contribution < -0.4 is 0 Å². The van der Waals surface area contributed by atoms with Crippen molar-refractivity contribution >= 4 is 5.97 Å². The first kappa shape index (κ1) is 13.2. The van der Waals surface area contributed by atoms with E-state index in [1.807, 2.05) is 44.2 Å². The zero-order valence-electron chi connectivity index (χ0n) is 11.2. The number of hydrogen-bond acceptors (Lipinski definition) is 3. The Bertz CT molecular complexity index is 607. The van der Waals surface area contributed by atoms with Gasteiger partial charge in [-0.3, -0.25) is 0 Å². The standard InChI is InChI=1S/C15H16N2O2/c1-10-9-12(13(18)19)17-14(16-10)15(2,3)11-7-5-4-6-8-11/h4-9H,1-3H3,(H,18,19). The van der Waals surface area contributed by atoms with E-state index >= 15 is 0 Å². The molecule has 2 rings (SSSR count). The first-order chi connectivity index (χ1) is 8.91. The molecule has 19 heavy (non-hydrogen) atoms. The van der Waals surface area contributed by atoms with Crippen molar-refractivity contribution in [3.8, 4) is 0 Å². The molecule has 1 aromatic carbocycles. The third kappa shape index (κ3) is 2.62. The van der Waals surface area contributed by atoms with Gasteiger partial charge in [0.05, 0.1) is 0 Å². The van der Waals surface area contributed by atoms with Crippen LogP contribution in [-0.4, -0.2) is 21.0 Å². The van der Waals surface area contributed by atoms with Crippen molar-refractivity contribution in [3.05, 3.63) is 59.2 Å². The van der Waals surface area contributed by atoms with Gasteiger partial charge in [-0.25, -0.2) is 14.8 Å². The Balaban J connectivity index is 2.55. The molecule has 0 saturated carbocycles. The lowest BCUT2D eigenvalue weighted by Crippen LogP contribution is -2.24. The van der Waals surface area contributed by atoms with Crippen LogP contribution in [0.4, 0.5) is 0 Å². The third-order valence-corrected chi connectivity index (χ3v) is 3.13. The Morgan fingerprint density at radius 1 is 1.16 bits per heavy atom. The van der Waals surface area contributed by atoms with E-state index in [2.05, 4.69) is 9.97 Å². The number of hydrogen-bond donors (Lipinski definition) is 1. The highest BCUT2D eigenvalue weighted by Crippen LogP contribution is 2.28. The number of carboxylic acids is 1. The molecule has 0 radical (unpaired) electrons. The second-order valence-electron chi connectivity index (χ2n) is 5.01. The number of carboxylic acid groups (broad SMARTS) is 1. The Labute approximate surface area is 112 Å². The van der Waals surface area contributed by atoms with E-state index in [0.717, 1.165) is 5.56 Å². The van der Waals surface area contributed by atoms with Crippen LogP contribution in [0.2, 0.25) is 0 Å². The Kier molecular flexibility index (Phi) is 3.34. The van der Waals surface area contributed by atoms with E-state index in [1.165, 1.54) is 6.07 Å². The summed E-state index contributed by atoms with van der Waals surface area (Å²) in [5.41, 5.74) is 1.31. The maximum atomic E-state index is 11.1. The summed E-state index contributed by atoms with van der Waals surface area (Å²) < 4.78 is 0. The van der Waals surface area contributed by atoms with E-state index in [-0.39, 0.29) is 5.69 Å². The summed E-state index contributed by atoms with van der Waals surface area (Å²) in [5, 5.41) is 9.08.